The van der Waals surface area contributed by atoms with Crippen LogP contribution in [0.25, 0.3) is 6.08 Å². The second kappa shape index (κ2) is 5.80. The van der Waals surface area contributed by atoms with E-state index in [-0.39, 0.29) is 11.7 Å². The Labute approximate surface area is 126 Å². The van der Waals surface area contributed by atoms with Crippen molar-refractivity contribution in [3.05, 3.63) is 60.5 Å². The topological polar surface area (TPSA) is 30.0 Å². The largest absolute Gasteiger partial charge is 0.294 e. The van der Waals surface area contributed by atoms with Gasteiger partial charge in [0.05, 0.1) is 0 Å². The highest BCUT2D eigenvalue weighted by molar-refractivity contribution is 6.01. The van der Waals surface area contributed by atoms with Crippen molar-refractivity contribution in [3.8, 4) is 0 Å². The smallest absolute Gasteiger partial charge is 0.163 e. The van der Waals surface area contributed by atoms with Crippen molar-refractivity contribution in [2.45, 2.75) is 31.6 Å². The van der Waals surface area contributed by atoms with Gasteiger partial charge in [0.15, 0.2) is 5.78 Å². The first-order chi connectivity index (χ1) is 10.2. The van der Waals surface area contributed by atoms with E-state index in [0.717, 1.165) is 29.9 Å². The molecule has 108 valence electrons. The van der Waals surface area contributed by atoms with Crippen LogP contribution < -0.4 is 0 Å². The molecule has 0 N–H and O–H groups in total. The van der Waals surface area contributed by atoms with Gasteiger partial charge in [-0.3, -0.25) is 9.78 Å². The molecular weight excluding hydrogens is 258 g/mol. The van der Waals surface area contributed by atoms with Gasteiger partial charge >= 0.3 is 0 Å². The molecule has 0 spiro atoms. The number of ketones is 1. The van der Waals surface area contributed by atoms with Crippen molar-refractivity contribution in [2.75, 3.05) is 0 Å². The average Bonchev–Trinajstić information content (AvgIpc) is 2.47. The van der Waals surface area contributed by atoms with Crippen LogP contribution >= 0.6 is 0 Å². The number of rotatable bonds is 5. The average molecular weight is 279 g/mol. The summed E-state index contributed by atoms with van der Waals surface area (Å²) in [6, 6.07) is 1.99. The van der Waals surface area contributed by atoms with Crippen LogP contribution in [0.1, 0.15) is 42.7 Å². The van der Waals surface area contributed by atoms with E-state index >= 15 is 0 Å². The van der Waals surface area contributed by atoms with E-state index in [1.807, 2.05) is 24.4 Å². The third-order valence-corrected chi connectivity index (χ3v) is 4.92. The van der Waals surface area contributed by atoms with Crippen LogP contribution in [0.3, 0.4) is 0 Å². The van der Waals surface area contributed by atoms with Gasteiger partial charge < -0.3 is 0 Å². The van der Waals surface area contributed by atoms with Crippen LogP contribution in [0.5, 0.6) is 0 Å². The Balaban J connectivity index is 1.59. The molecule has 0 saturated heterocycles. The van der Waals surface area contributed by atoms with E-state index in [9.17, 15) is 4.79 Å². The molecule has 1 fully saturated rings. The maximum absolute atomic E-state index is 12.2. The summed E-state index contributed by atoms with van der Waals surface area (Å²) in [5.74, 6) is 1.61. The lowest BCUT2D eigenvalue weighted by Crippen LogP contribution is -2.26. The molecule has 0 radical (unpaired) electrons. The number of hydrogen-bond donors (Lipinski definition) is 0. The minimum absolute atomic E-state index is 0.0228. The molecule has 2 aliphatic carbocycles. The zero-order chi connectivity index (χ0) is 14.8. The maximum Gasteiger partial charge on any atom is 0.163 e. The minimum Gasteiger partial charge on any atom is -0.294 e. The first-order valence-electron chi connectivity index (χ1n) is 7.66. The molecule has 2 nitrogen and oxygen atoms in total. The second-order valence-corrected chi connectivity index (χ2v) is 6.18. The number of hydrogen-bond acceptors (Lipinski definition) is 2. The van der Waals surface area contributed by atoms with Crippen LogP contribution in [0.2, 0.25) is 0 Å². The summed E-state index contributed by atoms with van der Waals surface area (Å²) >= 11 is 0. The zero-order valence-corrected chi connectivity index (χ0v) is 12.3. The number of fused-ring (bicyclic) bond motifs is 1. The van der Waals surface area contributed by atoms with Gasteiger partial charge in [-0.1, -0.05) is 24.8 Å². The SMILES string of the molecule is C=CC(=C)C1CC(CCC2C(=O)C=Cc3cnccc32)C1. The third-order valence-electron chi connectivity index (χ3n) is 4.92. The van der Waals surface area contributed by atoms with Gasteiger partial charge in [-0.15, -0.1) is 0 Å². The van der Waals surface area contributed by atoms with Gasteiger partial charge in [-0.25, -0.2) is 0 Å². The summed E-state index contributed by atoms with van der Waals surface area (Å²) < 4.78 is 0. The molecule has 0 aliphatic heterocycles. The predicted molar refractivity (Wildman–Crippen MR) is 85.8 cm³/mol. The fraction of sp³-hybridized carbons (Fsp3) is 0.368. The molecular formula is C19H21NO. The quantitative estimate of drug-likeness (QED) is 0.752. The van der Waals surface area contributed by atoms with Gasteiger partial charge in [0.2, 0.25) is 0 Å². The van der Waals surface area contributed by atoms with Crippen LogP contribution in [0.4, 0.5) is 0 Å². The van der Waals surface area contributed by atoms with Crippen molar-refractivity contribution in [1.29, 1.82) is 0 Å². The minimum atomic E-state index is 0.0228. The monoisotopic (exact) mass is 279 g/mol. The molecule has 0 aromatic carbocycles. The zero-order valence-electron chi connectivity index (χ0n) is 12.3. The van der Waals surface area contributed by atoms with Crippen LogP contribution in [-0.2, 0) is 4.79 Å². The van der Waals surface area contributed by atoms with Crippen molar-refractivity contribution in [1.82, 2.24) is 4.98 Å². The number of carbonyl (C=O) groups excluding carboxylic acids is 1. The van der Waals surface area contributed by atoms with E-state index in [0.29, 0.717) is 5.92 Å². The van der Waals surface area contributed by atoms with E-state index in [1.54, 1.807) is 12.3 Å². The van der Waals surface area contributed by atoms with Gasteiger partial charge in [0.1, 0.15) is 0 Å². The molecule has 1 aromatic heterocycles. The number of allylic oxidation sites excluding steroid dienone is 3. The summed E-state index contributed by atoms with van der Waals surface area (Å²) in [7, 11) is 0. The lowest BCUT2D eigenvalue weighted by molar-refractivity contribution is -0.116. The van der Waals surface area contributed by atoms with Gasteiger partial charge in [-0.05, 0) is 66.9 Å². The fourth-order valence-electron chi connectivity index (χ4n) is 3.46. The number of aromatic nitrogens is 1. The van der Waals surface area contributed by atoms with E-state index in [2.05, 4.69) is 18.1 Å². The maximum atomic E-state index is 12.2. The van der Waals surface area contributed by atoms with E-state index in [1.165, 1.54) is 18.4 Å². The molecule has 2 aliphatic rings. The molecule has 1 heterocycles. The molecule has 3 rings (SSSR count). The summed E-state index contributed by atoms with van der Waals surface area (Å²) in [6.07, 6.45) is 13.6. The second-order valence-electron chi connectivity index (χ2n) is 6.18. The molecule has 1 unspecified atom stereocenters. The molecule has 0 amide bonds. The van der Waals surface area contributed by atoms with Gasteiger partial charge in [0.25, 0.3) is 0 Å². The molecule has 21 heavy (non-hydrogen) atoms. The fourth-order valence-corrected chi connectivity index (χ4v) is 3.46. The first-order valence-corrected chi connectivity index (χ1v) is 7.66. The molecule has 1 aromatic rings. The van der Waals surface area contributed by atoms with Crippen molar-refractivity contribution in [3.63, 3.8) is 0 Å². The summed E-state index contributed by atoms with van der Waals surface area (Å²) in [6.45, 7) is 7.82. The molecule has 1 atom stereocenters. The van der Waals surface area contributed by atoms with Crippen molar-refractivity contribution >= 4 is 11.9 Å². The van der Waals surface area contributed by atoms with E-state index in [4.69, 9.17) is 0 Å². The highest BCUT2D eigenvalue weighted by Crippen LogP contribution is 2.43. The Kier molecular flexibility index (Phi) is 3.87. The van der Waals surface area contributed by atoms with Crippen LogP contribution in [-0.4, -0.2) is 10.8 Å². The van der Waals surface area contributed by atoms with Gasteiger partial charge in [0, 0.05) is 18.3 Å². The molecule has 0 bridgehead atoms. The highest BCUT2D eigenvalue weighted by atomic mass is 16.1. The summed E-state index contributed by atoms with van der Waals surface area (Å²) in [5, 5.41) is 0. The molecule has 2 heteroatoms. The number of nitrogens with zero attached hydrogens (tertiary/aromatic N) is 1. The third kappa shape index (κ3) is 2.76. The van der Waals surface area contributed by atoms with Crippen LogP contribution in [0.15, 0.2) is 49.3 Å². The van der Waals surface area contributed by atoms with Gasteiger partial charge in [-0.2, -0.15) is 0 Å². The number of pyridine rings is 1. The lowest BCUT2D eigenvalue weighted by atomic mass is 9.68. The van der Waals surface area contributed by atoms with Crippen molar-refractivity contribution < 1.29 is 4.79 Å². The Morgan fingerprint density at radius 3 is 2.90 bits per heavy atom. The highest BCUT2D eigenvalue weighted by Gasteiger charge is 2.32. The summed E-state index contributed by atoms with van der Waals surface area (Å²) in [4.78, 5) is 16.3. The van der Waals surface area contributed by atoms with Crippen molar-refractivity contribution in [2.24, 2.45) is 11.8 Å². The normalized spacial score (nSPS) is 26.9. The predicted octanol–water partition coefficient (Wildman–Crippen LogP) is 4.31. The summed E-state index contributed by atoms with van der Waals surface area (Å²) in [5.41, 5.74) is 3.40. The lowest BCUT2D eigenvalue weighted by Gasteiger charge is -2.36. The first kappa shape index (κ1) is 14.0. The Hall–Kier alpha value is -1.96. The Morgan fingerprint density at radius 1 is 1.33 bits per heavy atom. The number of carbonyl (C=O) groups is 1. The Bertz CT molecular complexity index is 608. The standard InChI is InChI=1S/C19H21NO/c1-3-13(2)16-10-14(11-16)4-6-18-17-8-9-20-12-15(17)5-7-19(18)21/h3,5,7-9,12,14,16,18H,1-2,4,6,10-11H2. The van der Waals surface area contributed by atoms with Crippen LogP contribution in [0, 0.1) is 11.8 Å². The van der Waals surface area contributed by atoms with E-state index < -0.39 is 0 Å². The Morgan fingerprint density at radius 2 is 2.14 bits per heavy atom. The molecule has 1 saturated carbocycles.